The first kappa shape index (κ1) is 22.6. The van der Waals surface area contributed by atoms with Crippen LogP contribution in [0.4, 0.5) is 4.79 Å². The number of nitrogens with zero attached hydrogens (tertiary/aromatic N) is 2. The maximum absolute atomic E-state index is 13.9. The van der Waals surface area contributed by atoms with Crippen LogP contribution in [-0.4, -0.2) is 47.3 Å². The molecule has 37 heavy (non-hydrogen) atoms. The number of amides is 2. The van der Waals surface area contributed by atoms with Crippen LogP contribution in [0.2, 0.25) is 0 Å². The molecule has 3 aliphatic rings. The van der Waals surface area contributed by atoms with Crippen LogP contribution in [0.25, 0.3) is 21.3 Å². The van der Waals surface area contributed by atoms with Gasteiger partial charge in [0.1, 0.15) is 0 Å². The number of hydrogen-bond donors (Lipinski definition) is 1. The number of thiazole rings is 1. The number of rotatable bonds is 5. The third-order valence-corrected chi connectivity index (χ3v) is 9.26. The summed E-state index contributed by atoms with van der Waals surface area (Å²) in [4.78, 5) is 33.6. The molecule has 2 fully saturated rings. The van der Waals surface area contributed by atoms with E-state index in [1.165, 1.54) is 22.7 Å². The number of thiophene rings is 1. The highest BCUT2D eigenvalue weighted by molar-refractivity contribution is 7.17. The van der Waals surface area contributed by atoms with Gasteiger partial charge in [-0.2, -0.15) is 0 Å². The van der Waals surface area contributed by atoms with E-state index in [1.54, 1.807) is 11.6 Å². The summed E-state index contributed by atoms with van der Waals surface area (Å²) in [6.45, 7) is 0.566. The van der Waals surface area contributed by atoms with Gasteiger partial charge in [0.2, 0.25) is 6.79 Å². The van der Waals surface area contributed by atoms with Gasteiger partial charge in [0.15, 0.2) is 17.2 Å². The van der Waals surface area contributed by atoms with Gasteiger partial charge in [0.25, 0.3) is 5.91 Å². The number of hydrogen-bond acceptors (Lipinski definition) is 8. The minimum absolute atomic E-state index is 0.0180. The molecule has 4 aromatic rings. The summed E-state index contributed by atoms with van der Waals surface area (Å²) in [6, 6.07) is 13.3. The number of likely N-dealkylation sites (tertiary alicyclic amines) is 1. The van der Waals surface area contributed by atoms with Crippen LogP contribution in [0.1, 0.15) is 28.9 Å². The van der Waals surface area contributed by atoms with E-state index >= 15 is 0 Å². The van der Waals surface area contributed by atoms with Crippen LogP contribution in [0.5, 0.6) is 17.2 Å². The van der Waals surface area contributed by atoms with Gasteiger partial charge in [-0.1, -0.05) is 12.1 Å². The minimum Gasteiger partial charge on any atom is -0.454 e. The molecule has 4 heterocycles. The van der Waals surface area contributed by atoms with Crippen molar-refractivity contribution in [2.24, 2.45) is 5.92 Å². The summed E-state index contributed by atoms with van der Waals surface area (Å²) in [5.74, 6) is 2.29. The smallest absolute Gasteiger partial charge is 0.412 e. The molecule has 188 valence electrons. The van der Waals surface area contributed by atoms with Crippen molar-refractivity contribution in [1.82, 2.24) is 15.2 Å². The van der Waals surface area contributed by atoms with Gasteiger partial charge in [-0.15, -0.1) is 22.7 Å². The van der Waals surface area contributed by atoms with E-state index in [4.69, 9.17) is 14.2 Å². The molecule has 0 spiro atoms. The van der Waals surface area contributed by atoms with E-state index in [0.29, 0.717) is 34.6 Å². The van der Waals surface area contributed by atoms with Crippen LogP contribution in [0, 0.1) is 5.92 Å². The second kappa shape index (κ2) is 9.04. The molecule has 2 aliphatic heterocycles. The molecule has 3 atom stereocenters. The van der Waals surface area contributed by atoms with Crippen LogP contribution in [0.3, 0.4) is 0 Å². The number of nitrogens with one attached hydrogen (secondary N) is 1. The molecule has 0 radical (unpaired) electrons. The molecule has 1 saturated heterocycles. The lowest BCUT2D eigenvalue weighted by Gasteiger charge is -2.35. The van der Waals surface area contributed by atoms with E-state index < -0.39 is 6.09 Å². The third-order valence-electron chi connectivity index (χ3n) is 7.50. The minimum atomic E-state index is -0.520. The quantitative estimate of drug-likeness (QED) is 0.363. The first-order valence-electron chi connectivity index (χ1n) is 12.2. The highest BCUT2D eigenvalue weighted by Crippen LogP contribution is 2.45. The number of carbonyl (C=O) groups excluding carboxylic acids is 2. The van der Waals surface area contributed by atoms with Crippen molar-refractivity contribution < 1.29 is 23.8 Å². The molecular formula is C27H23N3O5S2. The lowest BCUT2D eigenvalue weighted by molar-refractivity contribution is 0.0596. The molecule has 1 aliphatic carbocycles. The van der Waals surface area contributed by atoms with Crippen LogP contribution in [-0.2, 0) is 0 Å². The van der Waals surface area contributed by atoms with E-state index in [1.807, 2.05) is 46.7 Å². The molecule has 2 aromatic carbocycles. The highest BCUT2D eigenvalue weighted by Gasteiger charge is 2.48. The molecule has 7 rings (SSSR count). The van der Waals surface area contributed by atoms with Gasteiger partial charge < -0.3 is 24.4 Å². The van der Waals surface area contributed by atoms with Crippen molar-refractivity contribution in [2.45, 2.75) is 31.3 Å². The zero-order valence-electron chi connectivity index (χ0n) is 19.7. The highest BCUT2D eigenvalue weighted by atomic mass is 32.1. The SMILES string of the molecule is O=C(NC[C@@H]1[C@H]2CC[C@H](C2)N1C(=O)c1sccc1-c1ccc2c(c1)OCO2)Oc1cccc2ncsc12. The molecule has 2 aromatic heterocycles. The van der Waals surface area contributed by atoms with Crippen molar-refractivity contribution in [2.75, 3.05) is 13.3 Å². The molecule has 10 heteroatoms. The standard InChI is InChI=1S/C27H23N3O5S2/c31-26(24-18(8-9-36-24)15-5-7-21-23(11-15)34-14-33-21)30-17-6-4-16(10-17)20(30)12-28-27(32)35-22-3-1-2-19-25(22)37-13-29-19/h1-3,5,7-9,11,13,16-17,20H,4,6,10,12,14H2,(H,28,32)/t16-,17+,20+/m0/s1. The van der Waals surface area contributed by atoms with Gasteiger partial charge in [0.05, 0.1) is 26.6 Å². The van der Waals surface area contributed by atoms with Gasteiger partial charge in [-0.05, 0) is 66.5 Å². The van der Waals surface area contributed by atoms with E-state index in [9.17, 15) is 9.59 Å². The Morgan fingerprint density at radius 1 is 1.11 bits per heavy atom. The Bertz CT molecular complexity index is 1510. The maximum Gasteiger partial charge on any atom is 0.412 e. The number of fused-ring (bicyclic) bond motifs is 4. The molecule has 1 saturated carbocycles. The number of piperidine rings is 1. The fourth-order valence-electron chi connectivity index (χ4n) is 5.82. The zero-order chi connectivity index (χ0) is 24.9. The van der Waals surface area contributed by atoms with Gasteiger partial charge in [0, 0.05) is 18.2 Å². The van der Waals surface area contributed by atoms with E-state index in [2.05, 4.69) is 10.3 Å². The largest absolute Gasteiger partial charge is 0.454 e. The summed E-state index contributed by atoms with van der Waals surface area (Å²) in [6.07, 6.45) is 2.51. The Morgan fingerprint density at radius 2 is 2.03 bits per heavy atom. The maximum atomic E-state index is 13.9. The first-order valence-corrected chi connectivity index (χ1v) is 14.0. The van der Waals surface area contributed by atoms with Crippen LogP contribution < -0.4 is 19.5 Å². The molecule has 1 N–H and O–H groups in total. The number of benzene rings is 2. The van der Waals surface area contributed by atoms with Gasteiger partial charge in [-0.25, -0.2) is 9.78 Å². The van der Waals surface area contributed by atoms with E-state index in [-0.39, 0.29) is 24.8 Å². The number of ether oxygens (including phenoxy) is 3. The predicted octanol–water partition coefficient (Wildman–Crippen LogP) is 5.54. The topological polar surface area (TPSA) is 90.0 Å². The fourth-order valence-corrected chi connectivity index (χ4v) is 7.42. The lowest BCUT2D eigenvalue weighted by atomic mass is 9.98. The molecule has 2 amide bonds. The summed E-state index contributed by atoms with van der Waals surface area (Å²) in [7, 11) is 0. The Hall–Kier alpha value is -3.63. The third kappa shape index (κ3) is 3.91. The summed E-state index contributed by atoms with van der Waals surface area (Å²) in [5.41, 5.74) is 4.35. The van der Waals surface area contributed by atoms with Gasteiger partial charge in [-0.3, -0.25) is 4.79 Å². The summed E-state index contributed by atoms with van der Waals surface area (Å²) >= 11 is 2.89. The van der Waals surface area contributed by atoms with Crippen molar-refractivity contribution in [3.8, 4) is 28.4 Å². The molecular weight excluding hydrogens is 510 g/mol. The average molecular weight is 534 g/mol. The monoisotopic (exact) mass is 533 g/mol. The zero-order valence-corrected chi connectivity index (χ0v) is 21.3. The Labute approximate surface area is 220 Å². The van der Waals surface area contributed by atoms with Crippen LogP contribution >= 0.6 is 22.7 Å². The van der Waals surface area contributed by atoms with Crippen LogP contribution in [0.15, 0.2) is 53.4 Å². The molecule has 2 bridgehead atoms. The lowest BCUT2D eigenvalue weighted by Crippen LogP contribution is -2.50. The number of carbonyl (C=O) groups is 2. The molecule has 8 nitrogen and oxygen atoms in total. The van der Waals surface area contributed by atoms with Crippen molar-refractivity contribution in [1.29, 1.82) is 0 Å². The average Bonchev–Trinajstić information content (AvgIpc) is 3.74. The van der Waals surface area contributed by atoms with E-state index in [0.717, 1.165) is 40.6 Å². The number of aromatic nitrogens is 1. The van der Waals surface area contributed by atoms with Crippen molar-refractivity contribution >= 4 is 44.9 Å². The van der Waals surface area contributed by atoms with Gasteiger partial charge >= 0.3 is 6.09 Å². The normalized spacial score (nSPS) is 21.5. The predicted molar refractivity (Wildman–Crippen MR) is 141 cm³/mol. The second-order valence-corrected chi connectivity index (χ2v) is 11.2. The Kier molecular flexibility index (Phi) is 5.51. The fraction of sp³-hybridized carbons (Fsp3) is 0.296. The van der Waals surface area contributed by atoms with Crippen molar-refractivity contribution in [3.05, 3.63) is 58.2 Å². The summed E-state index contributed by atoms with van der Waals surface area (Å²) in [5, 5.41) is 4.87. The summed E-state index contributed by atoms with van der Waals surface area (Å²) < 4.78 is 17.4. The molecule has 0 unspecified atom stereocenters. The Balaban J connectivity index is 1.09. The first-order chi connectivity index (χ1) is 18.2. The second-order valence-electron chi connectivity index (χ2n) is 9.47. The Morgan fingerprint density at radius 3 is 2.97 bits per heavy atom. The van der Waals surface area contributed by atoms with Crippen molar-refractivity contribution in [3.63, 3.8) is 0 Å².